The van der Waals surface area contributed by atoms with Crippen LogP contribution in [0.5, 0.6) is 0 Å². The van der Waals surface area contributed by atoms with Crippen molar-refractivity contribution in [3.05, 3.63) is 52.3 Å². The first kappa shape index (κ1) is 31.4. The molecule has 2 N–H and O–H groups in total. The Morgan fingerprint density at radius 1 is 1.11 bits per heavy atom. The number of fused-ring (bicyclic) bond motifs is 1. The Morgan fingerprint density at radius 3 is 2.53 bits per heavy atom. The lowest BCUT2D eigenvalue weighted by Crippen LogP contribution is -2.64. The molecule has 0 atom stereocenters. The van der Waals surface area contributed by atoms with Crippen LogP contribution in [-0.2, 0) is 28.6 Å². The first-order valence-electron chi connectivity index (χ1n) is 15.6. The number of carbonyl (C=O) groups excluding carboxylic acids is 1. The fourth-order valence-corrected chi connectivity index (χ4v) is 6.87. The first-order chi connectivity index (χ1) is 21.2. The number of nitrogens with two attached hydrogens (primary N) is 1. The predicted molar refractivity (Wildman–Crippen MR) is 164 cm³/mol. The van der Waals surface area contributed by atoms with Crippen LogP contribution in [0, 0.1) is 12.3 Å². The van der Waals surface area contributed by atoms with Gasteiger partial charge in [0.05, 0.1) is 35.9 Å². The van der Waals surface area contributed by atoms with Crippen LogP contribution < -0.4 is 10.6 Å². The molecule has 0 unspecified atom stereocenters. The van der Waals surface area contributed by atoms with Gasteiger partial charge in [-0.3, -0.25) is 4.90 Å². The van der Waals surface area contributed by atoms with Crippen molar-refractivity contribution in [2.75, 3.05) is 63.1 Å². The monoisotopic (exact) mass is 629 g/mol. The summed E-state index contributed by atoms with van der Waals surface area (Å²) in [6.07, 6.45) is -2.54. The molecule has 0 bridgehead atoms. The molecule has 3 saturated heterocycles. The quantitative estimate of drug-likeness (QED) is 0.426. The van der Waals surface area contributed by atoms with Gasteiger partial charge in [-0.15, -0.1) is 5.10 Å². The standard InChI is InChI=1S/C32H42F3N7O3/c1-21-22(7-5-8-23(21)32(33,34)35)15-26-25(37-28-24(36)16-27(38-42(26)28)40-11-13-44-14-12-40)17-39-10-6-9-31(18-39)19-41(20-31)29(43)45-30(2,3)4/h5,7-8,16H,6,9-15,17-20,36H2,1-4H3. The van der Waals surface area contributed by atoms with E-state index in [1.807, 2.05) is 26.8 Å². The summed E-state index contributed by atoms with van der Waals surface area (Å²) >= 11 is 0. The second-order valence-corrected chi connectivity index (χ2v) is 13.7. The molecule has 1 spiro atoms. The Kier molecular flexibility index (Phi) is 8.13. The fraction of sp³-hybridized carbons (Fsp3) is 0.594. The van der Waals surface area contributed by atoms with E-state index in [4.69, 9.17) is 25.3 Å². The number of likely N-dealkylation sites (tertiary alicyclic amines) is 2. The third-order valence-corrected chi connectivity index (χ3v) is 9.04. The average Bonchev–Trinajstić information content (AvgIpc) is 3.29. The summed E-state index contributed by atoms with van der Waals surface area (Å²) in [5.41, 5.74) is 8.51. The number of nitrogen functional groups attached to an aromatic ring is 1. The Morgan fingerprint density at radius 2 is 1.84 bits per heavy atom. The molecule has 0 radical (unpaired) electrons. The Balaban J connectivity index is 1.31. The number of rotatable bonds is 5. The molecular weight excluding hydrogens is 587 g/mol. The highest BCUT2D eigenvalue weighted by atomic mass is 19.4. The van der Waals surface area contributed by atoms with Gasteiger partial charge in [-0.05, 0) is 64.3 Å². The molecule has 45 heavy (non-hydrogen) atoms. The van der Waals surface area contributed by atoms with Crippen molar-refractivity contribution in [1.29, 1.82) is 0 Å². The maximum atomic E-state index is 13.8. The number of alkyl halides is 3. The number of carbonyl (C=O) groups is 1. The molecule has 0 aliphatic carbocycles. The Labute approximate surface area is 261 Å². The number of aromatic nitrogens is 3. The molecule has 244 valence electrons. The number of piperidine rings is 1. The minimum absolute atomic E-state index is 0.0209. The third-order valence-electron chi connectivity index (χ3n) is 9.04. The Bertz CT molecular complexity index is 1570. The fourth-order valence-electron chi connectivity index (χ4n) is 6.87. The predicted octanol–water partition coefficient (Wildman–Crippen LogP) is 4.90. The van der Waals surface area contributed by atoms with Crippen LogP contribution in [0.3, 0.4) is 0 Å². The zero-order chi connectivity index (χ0) is 32.1. The summed E-state index contributed by atoms with van der Waals surface area (Å²) in [5, 5.41) is 4.93. The van der Waals surface area contributed by atoms with Crippen LogP contribution >= 0.6 is 0 Å². The van der Waals surface area contributed by atoms with E-state index in [1.165, 1.54) is 13.0 Å². The number of imidazole rings is 1. The zero-order valence-electron chi connectivity index (χ0n) is 26.4. The van der Waals surface area contributed by atoms with Crippen LogP contribution in [0.4, 0.5) is 29.5 Å². The topological polar surface area (TPSA) is 101 Å². The highest BCUT2D eigenvalue weighted by molar-refractivity contribution is 5.70. The number of morpholine rings is 1. The van der Waals surface area contributed by atoms with E-state index >= 15 is 0 Å². The van der Waals surface area contributed by atoms with Gasteiger partial charge in [-0.25, -0.2) is 14.3 Å². The summed E-state index contributed by atoms with van der Waals surface area (Å²) in [4.78, 5) is 23.8. The van der Waals surface area contributed by atoms with E-state index in [-0.39, 0.29) is 23.5 Å². The van der Waals surface area contributed by atoms with Gasteiger partial charge >= 0.3 is 12.3 Å². The molecule has 3 aromatic rings. The number of halogens is 3. The molecule has 3 fully saturated rings. The maximum absolute atomic E-state index is 13.8. The van der Waals surface area contributed by atoms with Crippen LogP contribution in [0.2, 0.25) is 0 Å². The van der Waals surface area contributed by atoms with Crippen LogP contribution in [0.1, 0.15) is 61.7 Å². The van der Waals surface area contributed by atoms with Gasteiger partial charge in [-0.1, -0.05) is 12.1 Å². The second-order valence-electron chi connectivity index (χ2n) is 13.7. The highest BCUT2D eigenvalue weighted by Gasteiger charge is 2.48. The normalized spacial score (nSPS) is 19.3. The summed E-state index contributed by atoms with van der Waals surface area (Å²) in [6, 6.07) is 6.12. The van der Waals surface area contributed by atoms with Gasteiger partial charge < -0.3 is 25.0 Å². The van der Waals surface area contributed by atoms with Gasteiger partial charge in [0.2, 0.25) is 0 Å². The number of benzene rings is 1. The van der Waals surface area contributed by atoms with Crippen LogP contribution in [0.15, 0.2) is 24.3 Å². The van der Waals surface area contributed by atoms with E-state index < -0.39 is 17.3 Å². The Hall–Kier alpha value is -3.58. The van der Waals surface area contributed by atoms with E-state index in [1.54, 1.807) is 15.5 Å². The third kappa shape index (κ3) is 6.55. The van der Waals surface area contributed by atoms with Crippen molar-refractivity contribution in [3.63, 3.8) is 0 Å². The number of ether oxygens (including phenoxy) is 2. The highest BCUT2D eigenvalue weighted by Crippen LogP contribution is 2.40. The lowest BCUT2D eigenvalue weighted by Gasteiger charge is -2.54. The summed E-state index contributed by atoms with van der Waals surface area (Å²) < 4.78 is 54.3. The van der Waals surface area contributed by atoms with Crippen LogP contribution in [-0.4, -0.2) is 88.6 Å². The van der Waals surface area contributed by atoms with E-state index in [9.17, 15) is 18.0 Å². The molecule has 10 nitrogen and oxygen atoms in total. The smallest absolute Gasteiger partial charge is 0.416 e. The van der Waals surface area contributed by atoms with Gasteiger partial charge in [-0.2, -0.15) is 13.2 Å². The molecule has 13 heteroatoms. The molecule has 5 heterocycles. The summed E-state index contributed by atoms with van der Waals surface area (Å²) in [5.74, 6) is 0.683. The van der Waals surface area contributed by atoms with Gasteiger partial charge in [0.25, 0.3) is 0 Å². The number of hydrogen-bond acceptors (Lipinski definition) is 8. The molecule has 2 aromatic heterocycles. The lowest BCUT2D eigenvalue weighted by molar-refractivity contribution is -0.138. The van der Waals surface area contributed by atoms with Gasteiger partial charge in [0, 0.05) is 57.2 Å². The minimum atomic E-state index is -4.45. The number of hydrogen-bond donors (Lipinski definition) is 1. The largest absolute Gasteiger partial charge is 0.444 e. The zero-order valence-corrected chi connectivity index (χ0v) is 26.4. The van der Waals surface area contributed by atoms with Crippen molar-refractivity contribution in [3.8, 4) is 0 Å². The van der Waals surface area contributed by atoms with Crippen molar-refractivity contribution in [2.24, 2.45) is 5.41 Å². The molecule has 0 saturated carbocycles. The number of amides is 1. The molecule has 3 aliphatic heterocycles. The first-order valence-corrected chi connectivity index (χ1v) is 15.6. The van der Waals surface area contributed by atoms with Crippen molar-refractivity contribution in [1.82, 2.24) is 24.4 Å². The molecule has 1 aromatic carbocycles. The maximum Gasteiger partial charge on any atom is 0.416 e. The van der Waals surface area contributed by atoms with Crippen molar-refractivity contribution >= 4 is 23.2 Å². The van der Waals surface area contributed by atoms with Crippen LogP contribution in [0.25, 0.3) is 5.65 Å². The lowest BCUT2D eigenvalue weighted by atomic mass is 9.73. The minimum Gasteiger partial charge on any atom is -0.444 e. The number of nitrogens with zero attached hydrogens (tertiary/aromatic N) is 6. The van der Waals surface area contributed by atoms with Gasteiger partial charge in [0.1, 0.15) is 5.60 Å². The van der Waals surface area contributed by atoms with Gasteiger partial charge in [0.15, 0.2) is 11.5 Å². The summed E-state index contributed by atoms with van der Waals surface area (Å²) in [6.45, 7) is 13.0. The molecule has 6 rings (SSSR count). The van der Waals surface area contributed by atoms with Crippen molar-refractivity contribution in [2.45, 2.75) is 65.3 Å². The van der Waals surface area contributed by atoms with Crippen molar-refractivity contribution < 1.29 is 27.4 Å². The molecule has 1 amide bonds. The second kappa shape index (κ2) is 11.7. The summed E-state index contributed by atoms with van der Waals surface area (Å²) in [7, 11) is 0. The molecule has 3 aliphatic rings. The number of anilines is 2. The average molecular weight is 630 g/mol. The van der Waals surface area contributed by atoms with E-state index in [0.717, 1.165) is 43.4 Å². The molecular formula is C32H42F3N7O3. The SMILES string of the molecule is Cc1c(Cc2c(CN3CCCC4(C3)CN(C(=O)OC(C)(C)C)C4)nc3c(N)cc(N4CCOCC4)nn23)cccc1C(F)(F)F. The van der Waals surface area contributed by atoms with E-state index in [2.05, 4.69) is 9.80 Å². The van der Waals surface area contributed by atoms with E-state index in [0.29, 0.717) is 68.7 Å².